The Hall–Kier alpha value is -2.67. The highest BCUT2D eigenvalue weighted by Crippen LogP contribution is 2.35. The van der Waals surface area contributed by atoms with Crippen LogP contribution in [0.3, 0.4) is 0 Å². The summed E-state index contributed by atoms with van der Waals surface area (Å²) >= 11 is 0. The van der Waals surface area contributed by atoms with E-state index in [-0.39, 0.29) is 17.3 Å². The average molecular weight is 372 g/mol. The van der Waals surface area contributed by atoms with E-state index in [4.69, 9.17) is 0 Å². The maximum absolute atomic E-state index is 12.4. The molecule has 0 bridgehead atoms. The van der Waals surface area contributed by atoms with Gasteiger partial charge in [-0.05, 0) is 56.7 Å². The first-order valence-electron chi connectivity index (χ1n) is 8.16. The summed E-state index contributed by atoms with van der Waals surface area (Å²) in [5.74, 6) is -0.995. The number of nitrogens with one attached hydrogen (secondary N) is 1. The van der Waals surface area contributed by atoms with Gasteiger partial charge in [0.1, 0.15) is 0 Å². The number of benzene rings is 2. The Kier molecular flexibility index (Phi) is 4.36. The Labute approximate surface area is 152 Å². The molecule has 1 heterocycles. The molecule has 1 aliphatic rings. The number of para-hydroxylation sites is 1. The number of amides is 2. The van der Waals surface area contributed by atoms with E-state index in [2.05, 4.69) is 5.32 Å². The SMILES string of the molecule is Cc1ccccc1NC(=O)c1ccc(N2C(=O)C(C)(C)CS2(=O)=O)cc1. The van der Waals surface area contributed by atoms with Gasteiger partial charge in [0.25, 0.3) is 5.91 Å². The van der Waals surface area contributed by atoms with Crippen molar-refractivity contribution in [2.45, 2.75) is 20.8 Å². The van der Waals surface area contributed by atoms with Crippen LogP contribution in [0.2, 0.25) is 0 Å². The average Bonchev–Trinajstić information content (AvgIpc) is 2.73. The Morgan fingerprint density at radius 1 is 1.08 bits per heavy atom. The molecule has 1 aliphatic heterocycles. The minimum absolute atomic E-state index is 0.228. The van der Waals surface area contributed by atoms with E-state index < -0.39 is 21.3 Å². The summed E-state index contributed by atoms with van der Waals surface area (Å²) in [6.07, 6.45) is 0. The molecule has 3 rings (SSSR count). The molecule has 6 nitrogen and oxygen atoms in total. The number of carbonyl (C=O) groups is 2. The zero-order chi connectivity index (χ0) is 19.1. The molecule has 1 fully saturated rings. The van der Waals surface area contributed by atoms with E-state index in [9.17, 15) is 18.0 Å². The molecule has 0 unspecified atom stereocenters. The Bertz CT molecular complexity index is 979. The maximum Gasteiger partial charge on any atom is 0.255 e. The number of rotatable bonds is 3. The number of nitrogens with zero attached hydrogens (tertiary/aromatic N) is 1. The zero-order valence-corrected chi connectivity index (χ0v) is 15.6. The minimum atomic E-state index is -3.70. The van der Waals surface area contributed by atoms with Crippen LogP contribution in [0.25, 0.3) is 0 Å². The lowest BCUT2D eigenvalue weighted by Crippen LogP contribution is -2.32. The molecule has 136 valence electrons. The maximum atomic E-state index is 12.4. The highest BCUT2D eigenvalue weighted by atomic mass is 32.2. The fourth-order valence-corrected chi connectivity index (χ4v) is 5.02. The molecular weight excluding hydrogens is 352 g/mol. The number of hydrogen-bond donors (Lipinski definition) is 1. The molecule has 2 amide bonds. The summed E-state index contributed by atoms with van der Waals surface area (Å²) in [4.78, 5) is 24.8. The molecule has 26 heavy (non-hydrogen) atoms. The van der Waals surface area contributed by atoms with E-state index in [1.165, 1.54) is 24.3 Å². The molecule has 0 radical (unpaired) electrons. The molecule has 1 saturated heterocycles. The topological polar surface area (TPSA) is 83.6 Å². The van der Waals surface area contributed by atoms with Crippen LogP contribution in [0.5, 0.6) is 0 Å². The minimum Gasteiger partial charge on any atom is -0.322 e. The van der Waals surface area contributed by atoms with Crippen molar-refractivity contribution in [2.24, 2.45) is 5.41 Å². The van der Waals surface area contributed by atoms with E-state index >= 15 is 0 Å². The number of aryl methyl sites for hydroxylation is 1. The van der Waals surface area contributed by atoms with Gasteiger partial charge in [0.05, 0.1) is 16.9 Å². The molecule has 0 aliphatic carbocycles. The zero-order valence-electron chi connectivity index (χ0n) is 14.8. The van der Waals surface area contributed by atoms with Crippen LogP contribution < -0.4 is 9.62 Å². The fourth-order valence-electron chi connectivity index (χ4n) is 2.92. The van der Waals surface area contributed by atoms with Crippen molar-refractivity contribution in [1.82, 2.24) is 0 Å². The van der Waals surface area contributed by atoms with Crippen LogP contribution in [0.1, 0.15) is 29.8 Å². The van der Waals surface area contributed by atoms with Crippen molar-refractivity contribution >= 4 is 33.2 Å². The first kappa shape index (κ1) is 18.1. The summed E-state index contributed by atoms with van der Waals surface area (Å²) in [5.41, 5.74) is 1.31. The largest absolute Gasteiger partial charge is 0.322 e. The highest BCUT2D eigenvalue weighted by Gasteiger charge is 2.49. The highest BCUT2D eigenvalue weighted by molar-refractivity contribution is 7.94. The smallest absolute Gasteiger partial charge is 0.255 e. The molecule has 0 spiro atoms. The van der Waals surface area contributed by atoms with Crippen LogP contribution in [-0.4, -0.2) is 26.0 Å². The molecule has 1 N–H and O–H groups in total. The van der Waals surface area contributed by atoms with Gasteiger partial charge < -0.3 is 5.32 Å². The number of sulfonamides is 1. The first-order chi connectivity index (χ1) is 12.1. The Balaban J connectivity index is 1.84. The molecular formula is C19H20N2O4S. The predicted octanol–water partition coefficient (Wildman–Crippen LogP) is 2.95. The number of hydrogen-bond acceptors (Lipinski definition) is 4. The Morgan fingerprint density at radius 2 is 1.69 bits per heavy atom. The van der Waals surface area contributed by atoms with Gasteiger partial charge in [-0.15, -0.1) is 0 Å². The van der Waals surface area contributed by atoms with Crippen molar-refractivity contribution in [3.63, 3.8) is 0 Å². The van der Waals surface area contributed by atoms with Gasteiger partial charge in [0, 0.05) is 11.3 Å². The third-order valence-corrected chi connectivity index (χ3v) is 6.36. The van der Waals surface area contributed by atoms with Gasteiger partial charge in [-0.2, -0.15) is 0 Å². The van der Waals surface area contributed by atoms with E-state index in [1.807, 2.05) is 25.1 Å². The van der Waals surface area contributed by atoms with Crippen LogP contribution in [-0.2, 0) is 14.8 Å². The van der Waals surface area contributed by atoms with Gasteiger partial charge in [-0.3, -0.25) is 9.59 Å². The van der Waals surface area contributed by atoms with Gasteiger partial charge >= 0.3 is 0 Å². The van der Waals surface area contributed by atoms with Gasteiger partial charge in [0.15, 0.2) is 0 Å². The van der Waals surface area contributed by atoms with Crippen molar-refractivity contribution in [3.8, 4) is 0 Å². The molecule has 0 saturated carbocycles. The second-order valence-corrected chi connectivity index (χ2v) is 8.84. The molecule has 2 aromatic carbocycles. The second-order valence-electron chi connectivity index (χ2n) is 7.03. The fraction of sp³-hybridized carbons (Fsp3) is 0.263. The molecule has 0 atom stereocenters. The second kappa shape index (κ2) is 6.25. The lowest BCUT2D eigenvalue weighted by atomic mass is 9.95. The van der Waals surface area contributed by atoms with E-state index in [0.717, 1.165) is 9.87 Å². The van der Waals surface area contributed by atoms with Crippen LogP contribution in [0.15, 0.2) is 48.5 Å². The number of anilines is 2. The quantitative estimate of drug-likeness (QED) is 0.898. The summed E-state index contributed by atoms with van der Waals surface area (Å²) in [6, 6.07) is 13.4. The van der Waals surface area contributed by atoms with Crippen LogP contribution in [0.4, 0.5) is 11.4 Å². The summed E-state index contributed by atoms with van der Waals surface area (Å²) < 4.78 is 25.5. The van der Waals surface area contributed by atoms with Crippen LogP contribution in [0, 0.1) is 12.3 Å². The lowest BCUT2D eigenvalue weighted by molar-refractivity contribution is -0.123. The third kappa shape index (κ3) is 3.22. The molecule has 2 aromatic rings. The van der Waals surface area contributed by atoms with Gasteiger partial charge in [0.2, 0.25) is 15.9 Å². The number of carbonyl (C=O) groups excluding carboxylic acids is 2. The normalized spacial score (nSPS) is 18.0. The standard InChI is InChI=1S/C19H20N2O4S/c1-13-6-4-5-7-16(13)20-17(22)14-8-10-15(11-9-14)21-18(23)19(2,3)12-26(21,24)25/h4-11H,12H2,1-3H3,(H,20,22). The first-order valence-corrected chi connectivity index (χ1v) is 9.77. The van der Waals surface area contributed by atoms with Gasteiger partial charge in [-0.1, -0.05) is 18.2 Å². The monoisotopic (exact) mass is 372 g/mol. The predicted molar refractivity (Wildman–Crippen MR) is 101 cm³/mol. The summed E-state index contributed by atoms with van der Waals surface area (Å²) in [5, 5.41) is 2.82. The molecule has 7 heteroatoms. The third-order valence-electron chi connectivity index (χ3n) is 4.34. The van der Waals surface area contributed by atoms with E-state index in [1.54, 1.807) is 19.9 Å². The molecule has 0 aromatic heterocycles. The van der Waals surface area contributed by atoms with Crippen molar-refractivity contribution in [3.05, 3.63) is 59.7 Å². The summed E-state index contributed by atoms with van der Waals surface area (Å²) in [6.45, 7) is 5.11. The van der Waals surface area contributed by atoms with E-state index in [0.29, 0.717) is 11.3 Å². The van der Waals surface area contributed by atoms with Gasteiger partial charge in [-0.25, -0.2) is 12.7 Å². The summed E-state index contributed by atoms with van der Waals surface area (Å²) in [7, 11) is -3.70. The van der Waals surface area contributed by atoms with Crippen molar-refractivity contribution < 1.29 is 18.0 Å². The van der Waals surface area contributed by atoms with Crippen LogP contribution >= 0.6 is 0 Å². The van der Waals surface area contributed by atoms with Crippen molar-refractivity contribution in [2.75, 3.05) is 15.4 Å². The van der Waals surface area contributed by atoms with Crippen molar-refractivity contribution in [1.29, 1.82) is 0 Å². The Morgan fingerprint density at radius 3 is 2.23 bits per heavy atom. The lowest BCUT2D eigenvalue weighted by Gasteiger charge is -2.17.